The minimum Gasteiger partial charge on any atom is -0.480 e. The van der Waals surface area contributed by atoms with Crippen LogP contribution in [0.4, 0.5) is 4.39 Å². The number of carboxylic acid groups (broad SMARTS) is 1. The molecule has 0 aliphatic carbocycles. The van der Waals surface area contributed by atoms with E-state index in [1.54, 1.807) is 38.3 Å². The molecule has 24 heavy (non-hydrogen) atoms. The van der Waals surface area contributed by atoms with Gasteiger partial charge in [0.05, 0.1) is 12.1 Å². The third kappa shape index (κ3) is 4.61. The number of aromatic nitrogens is 1. The maximum atomic E-state index is 12.9. The van der Waals surface area contributed by atoms with E-state index in [2.05, 4.69) is 10.3 Å². The van der Waals surface area contributed by atoms with Gasteiger partial charge in [-0.3, -0.25) is 4.79 Å². The van der Waals surface area contributed by atoms with E-state index in [-0.39, 0.29) is 12.2 Å². The van der Waals surface area contributed by atoms with Gasteiger partial charge < -0.3 is 10.4 Å². The SMILES string of the molecule is CC(C)(C)[C@H](NC(=O)Cc1csc(-c2ccc(F)cc2)n1)C(=O)O. The predicted molar refractivity (Wildman–Crippen MR) is 90.2 cm³/mol. The van der Waals surface area contributed by atoms with Gasteiger partial charge in [0.2, 0.25) is 5.91 Å². The van der Waals surface area contributed by atoms with Crippen molar-refractivity contribution in [2.75, 3.05) is 0 Å². The molecular weight excluding hydrogens is 331 g/mol. The fraction of sp³-hybridized carbons (Fsp3) is 0.353. The molecule has 5 nitrogen and oxygen atoms in total. The van der Waals surface area contributed by atoms with Crippen molar-refractivity contribution in [2.45, 2.75) is 33.2 Å². The first kappa shape index (κ1) is 18.1. The number of nitrogens with one attached hydrogen (secondary N) is 1. The Balaban J connectivity index is 2.05. The smallest absolute Gasteiger partial charge is 0.326 e. The van der Waals surface area contributed by atoms with E-state index in [0.717, 1.165) is 5.56 Å². The molecule has 1 heterocycles. The largest absolute Gasteiger partial charge is 0.480 e. The van der Waals surface area contributed by atoms with Gasteiger partial charge >= 0.3 is 5.97 Å². The lowest BCUT2D eigenvalue weighted by atomic mass is 9.86. The maximum absolute atomic E-state index is 12.9. The molecule has 1 aromatic heterocycles. The number of hydrogen-bond donors (Lipinski definition) is 2. The van der Waals surface area contributed by atoms with Crippen LogP contribution >= 0.6 is 11.3 Å². The first-order valence-electron chi connectivity index (χ1n) is 7.39. The Bertz CT molecular complexity index is 735. The highest BCUT2D eigenvalue weighted by Gasteiger charge is 2.32. The van der Waals surface area contributed by atoms with Gasteiger partial charge in [-0.05, 0) is 29.7 Å². The van der Waals surface area contributed by atoms with E-state index in [4.69, 9.17) is 0 Å². The summed E-state index contributed by atoms with van der Waals surface area (Å²) in [5.41, 5.74) is 0.726. The molecule has 0 radical (unpaired) electrons. The number of thiazole rings is 1. The second-order valence-electron chi connectivity index (χ2n) is 6.53. The first-order valence-corrected chi connectivity index (χ1v) is 8.27. The number of carboxylic acids is 1. The fourth-order valence-electron chi connectivity index (χ4n) is 2.14. The fourth-order valence-corrected chi connectivity index (χ4v) is 2.96. The predicted octanol–water partition coefficient (Wildman–Crippen LogP) is 3.11. The number of aliphatic carboxylic acids is 1. The Kier molecular flexibility index (Phi) is 5.33. The topological polar surface area (TPSA) is 79.3 Å². The molecule has 128 valence electrons. The van der Waals surface area contributed by atoms with Gasteiger partial charge in [-0.25, -0.2) is 14.2 Å². The molecule has 1 aromatic carbocycles. The standard InChI is InChI=1S/C17H19FN2O3S/c1-17(2,3)14(16(22)23)20-13(21)8-12-9-24-15(19-12)10-4-6-11(18)7-5-10/h4-7,9,14H,8H2,1-3H3,(H,20,21)(H,22,23)/t14-/m1/s1. The zero-order valence-corrected chi connectivity index (χ0v) is 14.5. The van der Waals surface area contributed by atoms with E-state index >= 15 is 0 Å². The van der Waals surface area contributed by atoms with Crippen molar-refractivity contribution >= 4 is 23.2 Å². The van der Waals surface area contributed by atoms with Crippen molar-refractivity contribution in [1.29, 1.82) is 0 Å². The highest BCUT2D eigenvalue weighted by Crippen LogP contribution is 2.24. The van der Waals surface area contributed by atoms with Gasteiger partial charge in [-0.2, -0.15) is 0 Å². The van der Waals surface area contributed by atoms with Crippen LogP contribution in [0.5, 0.6) is 0 Å². The Hall–Kier alpha value is -2.28. The van der Waals surface area contributed by atoms with Gasteiger partial charge in [0.15, 0.2) is 0 Å². The number of hydrogen-bond acceptors (Lipinski definition) is 4. The van der Waals surface area contributed by atoms with Crippen LogP contribution in [0.3, 0.4) is 0 Å². The minimum atomic E-state index is -1.07. The summed E-state index contributed by atoms with van der Waals surface area (Å²) in [6.07, 6.45) is -0.00243. The molecule has 7 heteroatoms. The number of carbonyl (C=O) groups is 2. The number of nitrogens with zero attached hydrogens (tertiary/aromatic N) is 1. The van der Waals surface area contributed by atoms with E-state index in [1.165, 1.54) is 23.5 Å². The van der Waals surface area contributed by atoms with Crippen molar-refractivity contribution in [2.24, 2.45) is 5.41 Å². The molecule has 0 spiro atoms. The lowest BCUT2D eigenvalue weighted by Gasteiger charge is -2.27. The quantitative estimate of drug-likeness (QED) is 0.868. The first-order chi connectivity index (χ1) is 11.2. The van der Waals surface area contributed by atoms with Crippen molar-refractivity contribution in [3.63, 3.8) is 0 Å². The highest BCUT2D eigenvalue weighted by atomic mass is 32.1. The number of carbonyl (C=O) groups excluding carboxylic acids is 1. The van der Waals surface area contributed by atoms with E-state index in [0.29, 0.717) is 10.7 Å². The zero-order valence-electron chi connectivity index (χ0n) is 13.7. The molecule has 0 aliphatic rings. The molecule has 0 unspecified atom stereocenters. The average molecular weight is 350 g/mol. The Morgan fingerprint density at radius 1 is 1.29 bits per heavy atom. The number of halogens is 1. The minimum absolute atomic E-state index is 0.00243. The maximum Gasteiger partial charge on any atom is 0.326 e. The second-order valence-corrected chi connectivity index (χ2v) is 7.39. The van der Waals surface area contributed by atoms with Crippen LogP contribution in [0.2, 0.25) is 0 Å². The molecule has 2 aromatic rings. The molecule has 0 saturated heterocycles. The third-order valence-electron chi connectivity index (χ3n) is 3.40. The van der Waals surface area contributed by atoms with Crippen LogP contribution in [-0.4, -0.2) is 28.0 Å². The van der Waals surface area contributed by atoms with Crippen LogP contribution in [0.15, 0.2) is 29.6 Å². The molecule has 0 saturated carbocycles. The summed E-state index contributed by atoms with van der Waals surface area (Å²) >= 11 is 1.35. The third-order valence-corrected chi connectivity index (χ3v) is 4.34. The van der Waals surface area contributed by atoms with Gasteiger partial charge in [-0.1, -0.05) is 20.8 Å². The van der Waals surface area contributed by atoms with Crippen LogP contribution < -0.4 is 5.32 Å². The van der Waals surface area contributed by atoms with Gasteiger partial charge in [0.1, 0.15) is 16.9 Å². The van der Waals surface area contributed by atoms with Crippen LogP contribution in [0, 0.1) is 11.2 Å². The Morgan fingerprint density at radius 3 is 2.46 bits per heavy atom. The summed E-state index contributed by atoms with van der Waals surface area (Å²) in [7, 11) is 0. The van der Waals surface area contributed by atoms with Gasteiger partial charge in [0.25, 0.3) is 0 Å². The lowest BCUT2D eigenvalue weighted by molar-refractivity contribution is -0.144. The lowest BCUT2D eigenvalue weighted by Crippen LogP contribution is -2.49. The summed E-state index contributed by atoms with van der Waals surface area (Å²) in [5, 5.41) is 14.2. The summed E-state index contributed by atoms with van der Waals surface area (Å²) in [4.78, 5) is 27.7. The van der Waals surface area contributed by atoms with E-state index < -0.39 is 23.3 Å². The van der Waals surface area contributed by atoms with Crippen molar-refractivity contribution in [1.82, 2.24) is 10.3 Å². The van der Waals surface area contributed by atoms with Gasteiger partial charge in [-0.15, -0.1) is 11.3 Å². The molecule has 0 fully saturated rings. The van der Waals surface area contributed by atoms with Crippen LogP contribution in [-0.2, 0) is 16.0 Å². The molecular formula is C17H19FN2O3S. The highest BCUT2D eigenvalue weighted by molar-refractivity contribution is 7.13. The molecule has 0 aliphatic heterocycles. The van der Waals surface area contributed by atoms with Crippen LogP contribution in [0.25, 0.3) is 10.6 Å². The molecule has 0 bridgehead atoms. The number of amides is 1. The van der Waals surface area contributed by atoms with E-state index in [9.17, 15) is 19.1 Å². The molecule has 2 rings (SSSR count). The second kappa shape index (κ2) is 7.09. The normalized spacial score (nSPS) is 12.7. The number of benzene rings is 1. The van der Waals surface area contributed by atoms with E-state index in [1.807, 2.05) is 0 Å². The van der Waals surface area contributed by atoms with Crippen LogP contribution in [0.1, 0.15) is 26.5 Å². The summed E-state index contributed by atoms with van der Waals surface area (Å²) in [6.45, 7) is 5.25. The Labute approximate surface area is 143 Å². The average Bonchev–Trinajstić information content (AvgIpc) is 2.92. The van der Waals surface area contributed by atoms with Crippen molar-refractivity contribution < 1.29 is 19.1 Å². The molecule has 1 amide bonds. The summed E-state index contributed by atoms with van der Waals surface area (Å²) < 4.78 is 12.9. The monoisotopic (exact) mass is 350 g/mol. The molecule has 1 atom stereocenters. The zero-order chi connectivity index (χ0) is 17.9. The van der Waals surface area contributed by atoms with Crippen molar-refractivity contribution in [3.05, 3.63) is 41.2 Å². The van der Waals surface area contributed by atoms with Crippen molar-refractivity contribution in [3.8, 4) is 10.6 Å². The summed E-state index contributed by atoms with van der Waals surface area (Å²) in [6, 6.07) is 4.98. The van der Waals surface area contributed by atoms with Gasteiger partial charge in [0, 0.05) is 10.9 Å². The molecule has 2 N–H and O–H groups in total. The Morgan fingerprint density at radius 2 is 1.92 bits per heavy atom. The summed E-state index contributed by atoms with van der Waals surface area (Å²) in [5.74, 6) is -1.79. The number of rotatable bonds is 5.